The van der Waals surface area contributed by atoms with Crippen LogP contribution in [0.25, 0.3) is 0 Å². The number of halogens is 3. The monoisotopic (exact) mass is 330 g/mol. The SMILES string of the molecule is CC1(C)OB(c2ccc(C(F)(F)F)cc2NC(=O)[O-])OC1(C)C. The molecule has 9 heteroatoms. The van der Waals surface area contributed by atoms with Crippen LogP contribution in [-0.2, 0) is 15.5 Å². The summed E-state index contributed by atoms with van der Waals surface area (Å²) < 4.78 is 49.9. The highest BCUT2D eigenvalue weighted by Crippen LogP contribution is 2.37. The number of carbonyl (C=O) groups is 1. The van der Waals surface area contributed by atoms with E-state index < -0.39 is 36.2 Å². The van der Waals surface area contributed by atoms with Crippen LogP contribution in [0.4, 0.5) is 23.7 Å². The maximum atomic E-state index is 12.8. The molecule has 1 N–H and O–H groups in total. The molecule has 1 saturated heterocycles. The molecular weight excluding hydrogens is 314 g/mol. The molecule has 1 heterocycles. The van der Waals surface area contributed by atoms with Gasteiger partial charge < -0.3 is 24.5 Å². The van der Waals surface area contributed by atoms with Crippen LogP contribution in [0.1, 0.15) is 33.3 Å². The van der Waals surface area contributed by atoms with Gasteiger partial charge in [0.15, 0.2) is 0 Å². The molecule has 0 aliphatic carbocycles. The van der Waals surface area contributed by atoms with Crippen molar-refractivity contribution in [3.63, 3.8) is 0 Å². The Morgan fingerprint density at radius 3 is 2.13 bits per heavy atom. The van der Waals surface area contributed by atoms with Gasteiger partial charge in [0.05, 0.1) is 16.8 Å². The van der Waals surface area contributed by atoms with Crippen molar-refractivity contribution in [1.29, 1.82) is 0 Å². The van der Waals surface area contributed by atoms with Gasteiger partial charge in [0.1, 0.15) is 6.09 Å². The van der Waals surface area contributed by atoms with Gasteiger partial charge in [-0.05, 0) is 33.8 Å². The lowest BCUT2D eigenvalue weighted by Gasteiger charge is -2.32. The average Bonchev–Trinajstić information content (AvgIpc) is 2.56. The van der Waals surface area contributed by atoms with E-state index in [0.29, 0.717) is 6.07 Å². The molecule has 23 heavy (non-hydrogen) atoms. The van der Waals surface area contributed by atoms with Gasteiger partial charge in [-0.15, -0.1) is 0 Å². The molecule has 0 atom stereocenters. The molecule has 0 saturated carbocycles. The summed E-state index contributed by atoms with van der Waals surface area (Å²) in [7, 11) is -0.996. The van der Waals surface area contributed by atoms with Gasteiger partial charge in [0.2, 0.25) is 0 Å². The van der Waals surface area contributed by atoms with Crippen LogP contribution in [0.5, 0.6) is 0 Å². The maximum Gasteiger partial charge on any atom is 0.496 e. The van der Waals surface area contributed by atoms with Crippen molar-refractivity contribution in [2.24, 2.45) is 0 Å². The Kier molecular flexibility index (Phi) is 4.15. The standard InChI is InChI=1S/C14H17BF3NO4/c1-12(2)13(3,4)23-15(22-12)9-6-5-8(14(16,17)18)7-10(9)19-11(20)21/h5-7,19H,1-4H3,(H,20,21)/p-1. The number of nitrogens with one attached hydrogen (secondary N) is 1. The van der Waals surface area contributed by atoms with Crippen LogP contribution in [-0.4, -0.2) is 24.4 Å². The molecule has 0 radical (unpaired) electrons. The normalized spacial score (nSPS) is 19.7. The predicted molar refractivity (Wildman–Crippen MR) is 76.2 cm³/mol. The first-order chi connectivity index (χ1) is 10.3. The molecule has 0 unspecified atom stereocenters. The summed E-state index contributed by atoms with van der Waals surface area (Å²) in [5.74, 6) is 0. The highest BCUT2D eigenvalue weighted by molar-refractivity contribution is 6.64. The van der Waals surface area contributed by atoms with Gasteiger partial charge in [0, 0.05) is 11.2 Å². The Labute approximate surface area is 131 Å². The molecule has 1 aliphatic heterocycles. The fourth-order valence-corrected chi connectivity index (χ4v) is 2.13. The average molecular weight is 330 g/mol. The Balaban J connectivity index is 2.44. The molecule has 1 fully saturated rings. The van der Waals surface area contributed by atoms with E-state index in [1.807, 2.05) is 5.32 Å². The Hall–Kier alpha value is -1.74. The summed E-state index contributed by atoms with van der Waals surface area (Å²) in [4.78, 5) is 10.8. The Bertz CT molecular complexity index is 615. The molecule has 2 rings (SSSR count). The molecule has 0 spiro atoms. The minimum absolute atomic E-state index is 0.154. The van der Waals surface area contributed by atoms with Crippen molar-refractivity contribution in [1.82, 2.24) is 0 Å². The maximum absolute atomic E-state index is 12.8. The van der Waals surface area contributed by atoms with E-state index in [1.165, 1.54) is 0 Å². The lowest BCUT2D eigenvalue weighted by molar-refractivity contribution is -0.242. The Morgan fingerprint density at radius 2 is 1.70 bits per heavy atom. The van der Waals surface area contributed by atoms with Crippen LogP contribution in [0.3, 0.4) is 0 Å². The van der Waals surface area contributed by atoms with Crippen molar-refractivity contribution >= 4 is 24.4 Å². The van der Waals surface area contributed by atoms with Crippen LogP contribution < -0.4 is 15.9 Å². The molecule has 1 aromatic rings. The quantitative estimate of drug-likeness (QED) is 0.839. The summed E-state index contributed by atoms with van der Waals surface area (Å²) in [6.45, 7) is 7.12. The highest BCUT2D eigenvalue weighted by Gasteiger charge is 2.52. The molecular formula is C14H16BF3NO4-. The third kappa shape index (κ3) is 3.45. The van der Waals surface area contributed by atoms with Gasteiger partial charge in [-0.2, -0.15) is 13.2 Å². The Morgan fingerprint density at radius 1 is 1.17 bits per heavy atom. The van der Waals surface area contributed by atoms with Crippen molar-refractivity contribution in [2.75, 3.05) is 5.32 Å². The van der Waals surface area contributed by atoms with Gasteiger partial charge >= 0.3 is 13.3 Å². The smallest absolute Gasteiger partial charge is 0.496 e. The summed E-state index contributed by atoms with van der Waals surface area (Å²) >= 11 is 0. The van der Waals surface area contributed by atoms with Gasteiger partial charge in [-0.1, -0.05) is 12.1 Å². The van der Waals surface area contributed by atoms with Gasteiger partial charge in [0.25, 0.3) is 0 Å². The molecule has 0 aromatic heterocycles. The van der Waals surface area contributed by atoms with E-state index in [4.69, 9.17) is 9.31 Å². The second-order valence-corrected chi connectivity index (χ2v) is 6.30. The van der Waals surface area contributed by atoms with E-state index in [2.05, 4.69) is 0 Å². The van der Waals surface area contributed by atoms with E-state index in [-0.39, 0.29) is 11.2 Å². The lowest BCUT2D eigenvalue weighted by Crippen LogP contribution is -2.41. The minimum atomic E-state index is -4.60. The topological polar surface area (TPSA) is 70.6 Å². The zero-order valence-electron chi connectivity index (χ0n) is 13.1. The number of anilines is 1. The number of amides is 1. The van der Waals surface area contributed by atoms with Crippen molar-refractivity contribution in [3.8, 4) is 0 Å². The minimum Gasteiger partial charge on any atom is -0.530 e. The fraction of sp³-hybridized carbons (Fsp3) is 0.500. The van der Waals surface area contributed by atoms with Crippen LogP contribution in [0.2, 0.25) is 0 Å². The zero-order chi connectivity index (χ0) is 17.6. The molecule has 1 aromatic carbocycles. The number of benzene rings is 1. The van der Waals surface area contributed by atoms with Crippen LogP contribution >= 0.6 is 0 Å². The number of hydrogen-bond donors (Lipinski definition) is 1. The van der Waals surface area contributed by atoms with Crippen molar-refractivity contribution < 1.29 is 32.4 Å². The molecule has 1 amide bonds. The number of hydrogen-bond acceptors (Lipinski definition) is 4. The third-order valence-electron chi connectivity index (χ3n) is 4.12. The van der Waals surface area contributed by atoms with E-state index in [1.54, 1.807) is 27.7 Å². The largest absolute Gasteiger partial charge is 0.530 e. The first-order valence-corrected chi connectivity index (χ1v) is 6.88. The third-order valence-corrected chi connectivity index (χ3v) is 4.12. The number of carbonyl (C=O) groups excluding carboxylic acids is 1. The molecule has 126 valence electrons. The summed E-state index contributed by atoms with van der Waals surface area (Å²) in [6.07, 6.45) is -6.32. The summed E-state index contributed by atoms with van der Waals surface area (Å²) in [5, 5.41) is 12.6. The number of rotatable bonds is 2. The van der Waals surface area contributed by atoms with E-state index in [9.17, 15) is 23.1 Å². The number of alkyl halides is 3. The first-order valence-electron chi connectivity index (χ1n) is 6.88. The van der Waals surface area contributed by atoms with E-state index >= 15 is 0 Å². The van der Waals surface area contributed by atoms with Gasteiger partial charge in [-0.25, -0.2) is 0 Å². The predicted octanol–water partition coefficient (Wildman–Crippen LogP) is 1.76. The van der Waals surface area contributed by atoms with Gasteiger partial charge in [-0.3, -0.25) is 0 Å². The molecule has 0 bridgehead atoms. The van der Waals surface area contributed by atoms with Crippen molar-refractivity contribution in [2.45, 2.75) is 45.1 Å². The first kappa shape index (κ1) is 17.6. The summed E-state index contributed by atoms with van der Waals surface area (Å²) in [6, 6.07) is 2.67. The number of carboxylic acid groups (broad SMARTS) is 1. The second kappa shape index (κ2) is 5.42. The zero-order valence-corrected chi connectivity index (χ0v) is 13.1. The van der Waals surface area contributed by atoms with E-state index in [0.717, 1.165) is 12.1 Å². The fourth-order valence-electron chi connectivity index (χ4n) is 2.13. The van der Waals surface area contributed by atoms with Crippen LogP contribution in [0.15, 0.2) is 18.2 Å². The lowest BCUT2D eigenvalue weighted by atomic mass is 9.77. The highest BCUT2D eigenvalue weighted by atomic mass is 19.4. The summed E-state index contributed by atoms with van der Waals surface area (Å²) in [5.41, 5.74) is -2.53. The molecule has 1 aliphatic rings. The van der Waals surface area contributed by atoms with Crippen LogP contribution in [0, 0.1) is 0 Å². The van der Waals surface area contributed by atoms with Crippen molar-refractivity contribution in [3.05, 3.63) is 23.8 Å². The second-order valence-electron chi connectivity index (χ2n) is 6.30. The molecule has 5 nitrogen and oxygen atoms in total.